The van der Waals surface area contributed by atoms with Gasteiger partial charge in [-0.25, -0.2) is 0 Å². The third kappa shape index (κ3) is 2.40. The Labute approximate surface area is 121 Å². The Kier molecular flexibility index (Phi) is 3.56. The van der Waals surface area contributed by atoms with Crippen LogP contribution < -0.4 is 0 Å². The van der Waals surface area contributed by atoms with Crippen LogP contribution in [0, 0.1) is 18.6 Å². The van der Waals surface area contributed by atoms with Gasteiger partial charge < -0.3 is 4.74 Å². The van der Waals surface area contributed by atoms with Crippen LogP contribution in [0.2, 0.25) is 0 Å². The lowest BCUT2D eigenvalue weighted by Crippen LogP contribution is -2.16. The molecule has 4 nitrogen and oxygen atoms in total. The molecule has 3 heterocycles. The van der Waals surface area contributed by atoms with Crippen molar-refractivity contribution in [3.05, 3.63) is 20.6 Å². The van der Waals surface area contributed by atoms with Crippen LogP contribution in [-0.4, -0.2) is 27.5 Å². The van der Waals surface area contributed by atoms with Crippen molar-refractivity contribution in [3.63, 3.8) is 0 Å². The van der Waals surface area contributed by atoms with E-state index < -0.39 is 0 Å². The second-order valence-corrected chi connectivity index (χ2v) is 6.40. The molecule has 19 heavy (non-hydrogen) atoms. The molecule has 1 fully saturated rings. The number of aromatic nitrogens is 3. The largest absolute Gasteiger partial charge is 0.376 e. The van der Waals surface area contributed by atoms with Gasteiger partial charge in [-0.15, -0.1) is 11.3 Å². The molecule has 3 rings (SSSR count). The number of aryl methyl sites for hydroxylation is 1. The standard InChI is InChI=1S/C13H17N3OS2/c1-8-9(2)19-7-11(8)12-14-15-13(18)16(12)6-10-4-3-5-17-10/h7,10H,3-6H2,1-2H3,(H,15,18)/t10-/m0/s1. The number of thiophene rings is 1. The zero-order chi connectivity index (χ0) is 13.4. The molecule has 0 bridgehead atoms. The number of H-pyrrole nitrogens is 1. The third-order valence-corrected chi connectivity index (χ3v) is 5.02. The molecule has 6 heteroatoms. The quantitative estimate of drug-likeness (QED) is 0.882. The SMILES string of the molecule is Cc1scc(-c2n[nH]c(=S)n2C[C@@H]2CCCO2)c1C. The van der Waals surface area contributed by atoms with Gasteiger partial charge in [-0.1, -0.05) is 0 Å². The average molecular weight is 295 g/mol. The molecule has 0 aliphatic carbocycles. The molecule has 1 N–H and O–H groups in total. The number of ether oxygens (including phenoxy) is 1. The minimum absolute atomic E-state index is 0.267. The van der Waals surface area contributed by atoms with E-state index in [1.807, 2.05) is 0 Å². The average Bonchev–Trinajstić information content (AvgIpc) is 3.08. The summed E-state index contributed by atoms with van der Waals surface area (Å²) in [5.41, 5.74) is 2.46. The van der Waals surface area contributed by atoms with Gasteiger partial charge in [0.15, 0.2) is 10.6 Å². The Morgan fingerprint density at radius 3 is 3.05 bits per heavy atom. The van der Waals surface area contributed by atoms with E-state index in [-0.39, 0.29) is 6.10 Å². The van der Waals surface area contributed by atoms with Crippen LogP contribution in [0.15, 0.2) is 5.38 Å². The molecular formula is C13H17N3OS2. The summed E-state index contributed by atoms with van der Waals surface area (Å²) >= 11 is 7.10. The molecule has 0 aromatic carbocycles. The van der Waals surface area contributed by atoms with Gasteiger partial charge in [0.05, 0.1) is 12.6 Å². The minimum Gasteiger partial charge on any atom is -0.376 e. The Bertz CT molecular complexity index is 635. The van der Waals surface area contributed by atoms with Crippen molar-refractivity contribution >= 4 is 23.6 Å². The summed E-state index contributed by atoms with van der Waals surface area (Å²) in [6, 6.07) is 0. The normalized spacial score (nSPS) is 19.2. The van der Waals surface area contributed by atoms with Crippen molar-refractivity contribution in [1.82, 2.24) is 14.8 Å². The number of rotatable bonds is 3. The van der Waals surface area contributed by atoms with Crippen molar-refractivity contribution in [1.29, 1.82) is 0 Å². The molecule has 0 amide bonds. The van der Waals surface area contributed by atoms with Gasteiger partial charge in [-0.2, -0.15) is 5.10 Å². The van der Waals surface area contributed by atoms with E-state index >= 15 is 0 Å². The predicted octanol–water partition coefficient (Wildman–Crippen LogP) is 3.47. The lowest BCUT2D eigenvalue weighted by molar-refractivity contribution is 0.0970. The van der Waals surface area contributed by atoms with Crippen LogP contribution in [0.5, 0.6) is 0 Å². The zero-order valence-electron chi connectivity index (χ0n) is 11.1. The van der Waals surface area contributed by atoms with Crippen molar-refractivity contribution < 1.29 is 4.74 Å². The van der Waals surface area contributed by atoms with E-state index in [2.05, 4.69) is 34.0 Å². The summed E-state index contributed by atoms with van der Waals surface area (Å²) in [6.07, 6.45) is 2.51. The molecule has 0 radical (unpaired) electrons. The van der Waals surface area contributed by atoms with Crippen LogP contribution in [0.4, 0.5) is 0 Å². The van der Waals surface area contributed by atoms with E-state index in [0.29, 0.717) is 4.77 Å². The van der Waals surface area contributed by atoms with E-state index in [1.165, 1.54) is 16.0 Å². The van der Waals surface area contributed by atoms with Crippen molar-refractivity contribution in [2.75, 3.05) is 6.61 Å². The molecule has 1 atom stereocenters. The highest BCUT2D eigenvalue weighted by molar-refractivity contribution is 7.71. The van der Waals surface area contributed by atoms with Crippen LogP contribution in [-0.2, 0) is 11.3 Å². The molecule has 0 spiro atoms. The highest BCUT2D eigenvalue weighted by atomic mass is 32.1. The van der Waals surface area contributed by atoms with Gasteiger partial charge in [0, 0.05) is 22.4 Å². The molecular weight excluding hydrogens is 278 g/mol. The van der Waals surface area contributed by atoms with Gasteiger partial charge in [-0.05, 0) is 44.5 Å². The van der Waals surface area contributed by atoms with E-state index in [4.69, 9.17) is 17.0 Å². The minimum atomic E-state index is 0.267. The summed E-state index contributed by atoms with van der Waals surface area (Å²) in [5, 5.41) is 9.46. The molecule has 1 saturated heterocycles. The van der Waals surface area contributed by atoms with Crippen LogP contribution in [0.3, 0.4) is 0 Å². The maximum atomic E-state index is 5.70. The second-order valence-electron chi connectivity index (χ2n) is 4.93. The highest BCUT2D eigenvalue weighted by Crippen LogP contribution is 2.30. The number of hydrogen-bond donors (Lipinski definition) is 1. The van der Waals surface area contributed by atoms with Gasteiger partial charge >= 0.3 is 0 Å². The zero-order valence-corrected chi connectivity index (χ0v) is 12.7. The fourth-order valence-corrected chi connectivity index (χ4v) is 3.49. The first-order valence-electron chi connectivity index (χ1n) is 6.48. The van der Waals surface area contributed by atoms with E-state index in [1.54, 1.807) is 11.3 Å². The Morgan fingerprint density at radius 1 is 1.58 bits per heavy atom. The van der Waals surface area contributed by atoms with Crippen LogP contribution in [0.25, 0.3) is 11.4 Å². The smallest absolute Gasteiger partial charge is 0.195 e. The van der Waals surface area contributed by atoms with Crippen molar-refractivity contribution in [2.45, 2.75) is 39.3 Å². The Balaban J connectivity index is 1.98. The van der Waals surface area contributed by atoms with Gasteiger partial charge in [0.1, 0.15) is 0 Å². The molecule has 1 aliphatic rings. The molecule has 0 unspecified atom stereocenters. The van der Waals surface area contributed by atoms with Crippen LogP contribution in [0.1, 0.15) is 23.3 Å². The predicted molar refractivity (Wildman–Crippen MR) is 79.2 cm³/mol. The number of hydrogen-bond acceptors (Lipinski definition) is 4. The molecule has 2 aromatic rings. The second kappa shape index (κ2) is 5.19. The first kappa shape index (κ1) is 13.0. The molecule has 1 aliphatic heterocycles. The van der Waals surface area contributed by atoms with Gasteiger partial charge in [0.25, 0.3) is 0 Å². The van der Waals surface area contributed by atoms with Crippen molar-refractivity contribution in [3.8, 4) is 11.4 Å². The highest BCUT2D eigenvalue weighted by Gasteiger charge is 2.20. The topological polar surface area (TPSA) is 42.8 Å². The Morgan fingerprint density at radius 2 is 2.42 bits per heavy atom. The fourth-order valence-electron chi connectivity index (χ4n) is 2.42. The number of nitrogens with one attached hydrogen (secondary N) is 1. The molecule has 2 aromatic heterocycles. The van der Waals surface area contributed by atoms with Crippen molar-refractivity contribution in [2.24, 2.45) is 0 Å². The van der Waals surface area contributed by atoms with E-state index in [9.17, 15) is 0 Å². The molecule has 102 valence electrons. The Hall–Kier alpha value is -0.980. The maximum Gasteiger partial charge on any atom is 0.195 e. The van der Waals surface area contributed by atoms with Crippen LogP contribution >= 0.6 is 23.6 Å². The number of aromatic amines is 1. The first-order chi connectivity index (χ1) is 9.16. The fraction of sp³-hybridized carbons (Fsp3) is 0.538. The number of nitrogens with zero attached hydrogens (tertiary/aromatic N) is 2. The van der Waals surface area contributed by atoms with E-state index in [0.717, 1.165) is 31.8 Å². The lowest BCUT2D eigenvalue weighted by Gasteiger charge is -2.12. The molecule has 0 saturated carbocycles. The first-order valence-corrected chi connectivity index (χ1v) is 7.77. The summed E-state index contributed by atoms with van der Waals surface area (Å²) in [6.45, 7) is 5.92. The van der Waals surface area contributed by atoms with Gasteiger partial charge in [-0.3, -0.25) is 9.67 Å². The lowest BCUT2D eigenvalue weighted by atomic mass is 10.1. The summed E-state index contributed by atoms with van der Waals surface area (Å²) < 4.78 is 8.45. The van der Waals surface area contributed by atoms with Gasteiger partial charge in [0.2, 0.25) is 0 Å². The monoisotopic (exact) mass is 295 g/mol. The summed E-state index contributed by atoms with van der Waals surface area (Å²) in [5.74, 6) is 0.933. The maximum absolute atomic E-state index is 5.70. The third-order valence-electron chi connectivity index (χ3n) is 3.70. The summed E-state index contributed by atoms with van der Waals surface area (Å²) in [4.78, 5) is 1.33. The summed E-state index contributed by atoms with van der Waals surface area (Å²) in [7, 11) is 0.